The van der Waals surface area contributed by atoms with Crippen molar-refractivity contribution in [3.8, 4) is 0 Å². The van der Waals surface area contributed by atoms with Crippen LogP contribution in [0.3, 0.4) is 0 Å². The van der Waals surface area contributed by atoms with Crippen molar-refractivity contribution in [2.24, 2.45) is 16.6 Å². The summed E-state index contributed by atoms with van der Waals surface area (Å²) in [5.41, 5.74) is 4.56. The molecule has 0 aromatic carbocycles. The second-order valence-electron chi connectivity index (χ2n) is 4.96. The lowest BCUT2D eigenvalue weighted by Crippen LogP contribution is -2.35. The van der Waals surface area contributed by atoms with Gasteiger partial charge in [-0.25, -0.2) is 0 Å². The number of primary amides is 1. The highest BCUT2D eigenvalue weighted by molar-refractivity contribution is 5.80. The van der Waals surface area contributed by atoms with Crippen LogP contribution in [-0.4, -0.2) is 12.2 Å². The van der Waals surface area contributed by atoms with Crippen LogP contribution in [0.4, 0.5) is 0 Å². The number of hydrogen-bond donors (Lipinski definition) is 1. The van der Waals surface area contributed by atoms with Crippen LogP contribution in [0.25, 0.3) is 0 Å². The van der Waals surface area contributed by atoms with Crippen LogP contribution in [0.15, 0.2) is 0 Å². The quantitative estimate of drug-likeness (QED) is 0.660. The largest absolute Gasteiger partial charge is 0.369 e. The fraction of sp³-hybridized carbons (Fsp3) is 0.800. The first-order chi connectivity index (χ1) is 5.71. The SMILES string of the molecule is CC(C)(CC=O)CC(C)(C)C(N)=O. The van der Waals surface area contributed by atoms with Crippen molar-refractivity contribution in [3.63, 3.8) is 0 Å². The summed E-state index contributed by atoms with van der Waals surface area (Å²) < 4.78 is 0. The number of hydrogen-bond acceptors (Lipinski definition) is 2. The minimum atomic E-state index is -0.535. The van der Waals surface area contributed by atoms with E-state index in [9.17, 15) is 9.59 Å². The maximum absolute atomic E-state index is 11.0. The van der Waals surface area contributed by atoms with E-state index in [2.05, 4.69) is 0 Å². The molecule has 0 aliphatic rings. The Kier molecular flexibility index (Phi) is 3.64. The van der Waals surface area contributed by atoms with Crippen LogP contribution in [0.1, 0.15) is 40.5 Å². The van der Waals surface area contributed by atoms with Crippen LogP contribution in [0, 0.1) is 10.8 Å². The van der Waals surface area contributed by atoms with Gasteiger partial charge in [0, 0.05) is 11.8 Å². The van der Waals surface area contributed by atoms with Crippen LogP contribution < -0.4 is 5.73 Å². The summed E-state index contributed by atoms with van der Waals surface area (Å²) in [5.74, 6) is -0.313. The standard InChI is InChI=1S/C10H19NO2/c1-9(2,5-6-12)7-10(3,4)8(11)13/h6H,5,7H2,1-4H3,(H2,11,13). The van der Waals surface area contributed by atoms with Crippen molar-refractivity contribution in [3.05, 3.63) is 0 Å². The molecule has 0 radical (unpaired) electrons. The molecule has 0 fully saturated rings. The Balaban J connectivity index is 4.41. The van der Waals surface area contributed by atoms with E-state index < -0.39 is 5.41 Å². The highest BCUT2D eigenvalue weighted by Gasteiger charge is 2.32. The number of amides is 1. The van der Waals surface area contributed by atoms with Crippen molar-refractivity contribution >= 4 is 12.2 Å². The zero-order chi connectivity index (χ0) is 10.7. The van der Waals surface area contributed by atoms with Gasteiger partial charge in [-0.1, -0.05) is 27.7 Å². The average molecular weight is 185 g/mol. The molecule has 0 saturated heterocycles. The molecule has 2 N–H and O–H groups in total. The van der Waals surface area contributed by atoms with Gasteiger partial charge in [-0.15, -0.1) is 0 Å². The van der Waals surface area contributed by atoms with Gasteiger partial charge < -0.3 is 10.5 Å². The first kappa shape index (κ1) is 12.1. The summed E-state index contributed by atoms with van der Waals surface area (Å²) in [6.45, 7) is 7.54. The third-order valence-corrected chi connectivity index (χ3v) is 2.22. The third kappa shape index (κ3) is 4.06. The number of nitrogens with two attached hydrogens (primary N) is 1. The second kappa shape index (κ2) is 3.90. The first-order valence-electron chi connectivity index (χ1n) is 4.45. The molecule has 0 bridgehead atoms. The third-order valence-electron chi connectivity index (χ3n) is 2.22. The maximum atomic E-state index is 11.0. The molecule has 0 aliphatic heterocycles. The summed E-state index contributed by atoms with van der Waals surface area (Å²) in [4.78, 5) is 21.4. The van der Waals surface area contributed by atoms with Gasteiger partial charge in [0.25, 0.3) is 0 Å². The van der Waals surface area contributed by atoms with Crippen LogP contribution in [0.2, 0.25) is 0 Å². The first-order valence-corrected chi connectivity index (χ1v) is 4.45. The van der Waals surface area contributed by atoms with Gasteiger partial charge in [0.2, 0.25) is 5.91 Å². The van der Waals surface area contributed by atoms with Gasteiger partial charge in [0.05, 0.1) is 0 Å². The normalized spacial score (nSPS) is 12.6. The predicted octanol–water partition coefficient (Wildman–Crippen LogP) is 1.50. The fourth-order valence-electron chi connectivity index (χ4n) is 1.58. The minimum Gasteiger partial charge on any atom is -0.369 e. The van der Waals surface area contributed by atoms with E-state index in [0.717, 1.165) is 6.29 Å². The molecule has 0 spiro atoms. The summed E-state index contributed by atoms with van der Waals surface area (Å²) in [6, 6.07) is 0. The topological polar surface area (TPSA) is 60.2 Å². The van der Waals surface area contributed by atoms with E-state index in [4.69, 9.17) is 5.73 Å². The van der Waals surface area contributed by atoms with E-state index in [0.29, 0.717) is 12.8 Å². The van der Waals surface area contributed by atoms with Crippen LogP contribution in [0.5, 0.6) is 0 Å². The van der Waals surface area contributed by atoms with E-state index in [1.807, 2.05) is 27.7 Å². The van der Waals surface area contributed by atoms with Gasteiger partial charge in [-0.2, -0.15) is 0 Å². The monoisotopic (exact) mass is 185 g/mol. The zero-order valence-electron chi connectivity index (χ0n) is 8.89. The van der Waals surface area contributed by atoms with Crippen molar-refractivity contribution in [2.45, 2.75) is 40.5 Å². The van der Waals surface area contributed by atoms with Crippen molar-refractivity contribution in [1.29, 1.82) is 0 Å². The van der Waals surface area contributed by atoms with Crippen molar-refractivity contribution in [1.82, 2.24) is 0 Å². The summed E-state index contributed by atoms with van der Waals surface area (Å²) >= 11 is 0. The van der Waals surface area contributed by atoms with Gasteiger partial charge in [0.1, 0.15) is 6.29 Å². The average Bonchev–Trinajstić information content (AvgIpc) is 1.83. The molecule has 0 unspecified atom stereocenters. The Labute approximate surface area is 79.7 Å². The lowest BCUT2D eigenvalue weighted by atomic mass is 9.73. The van der Waals surface area contributed by atoms with E-state index >= 15 is 0 Å². The molecular weight excluding hydrogens is 166 g/mol. The number of rotatable bonds is 5. The summed E-state index contributed by atoms with van der Waals surface area (Å²) in [6.07, 6.45) is 1.98. The smallest absolute Gasteiger partial charge is 0.223 e. The van der Waals surface area contributed by atoms with Gasteiger partial charge in [0.15, 0.2) is 0 Å². The Morgan fingerprint density at radius 2 is 1.77 bits per heavy atom. The maximum Gasteiger partial charge on any atom is 0.223 e. The Morgan fingerprint density at radius 3 is 2.08 bits per heavy atom. The zero-order valence-corrected chi connectivity index (χ0v) is 8.89. The lowest BCUT2D eigenvalue weighted by molar-refractivity contribution is -0.128. The molecule has 0 heterocycles. The summed E-state index contributed by atoms with van der Waals surface area (Å²) in [7, 11) is 0. The van der Waals surface area contributed by atoms with Gasteiger partial charge >= 0.3 is 0 Å². The molecule has 0 aliphatic carbocycles. The van der Waals surface area contributed by atoms with Gasteiger partial charge in [-0.3, -0.25) is 4.79 Å². The number of carbonyl (C=O) groups excluding carboxylic acids is 2. The highest BCUT2D eigenvalue weighted by atomic mass is 16.1. The highest BCUT2D eigenvalue weighted by Crippen LogP contribution is 2.35. The van der Waals surface area contributed by atoms with Gasteiger partial charge in [-0.05, 0) is 11.8 Å². The second-order valence-corrected chi connectivity index (χ2v) is 4.96. The van der Waals surface area contributed by atoms with Crippen LogP contribution >= 0.6 is 0 Å². The molecule has 3 nitrogen and oxygen atoms in total. The van der Waals surface area contributed by atoms with E-state index in [1.165, 1.54) is 0 Å². The molecule has 0 aromatic heterocycles. The fourth-order valence-corrected chi connectivity index (χ4v) is 1.58. The molecular formula is C10H19NO2. The molecule has 0 saturated carbocycles. The predicted molar refractivity (Wildman–Crippen MR) is 52.1 cm³/mol. The molecule has 0 aromatic rings. The van der Waals surface area contributed by atoms with E-state index in [-0.39, 0.29) is 11.3 Å². The Hall–Kier alpha value is -0.860. The Morgan fingerprint density at radius 1 is 1.31 bits per heavy atom. The molecule has 0 atom stereocenters. The molecule has 3 heteroatoms. The van der Waals surface area contributed by atoms with Crippen molar-refractivity contribution in [2.75, 3.05) is 0 Å². The van der Waals surface area contributed by atoms with Crippen molar-refractivity contribution < 1.29 is 9.59 Å². The molecule has 76 valence electrons. The number of carbonyl (C=O) groups is 2. The minimum absolute atomic E-state index is 0.153. The molecule has 1 amide bonds. The number of aldehydes is 1. The molecule has 13 heavy (non-hydrogen) atoms. The molecule has 0 rings (SSSR count). The lowest BCUT2D eigenvalue weighted by Gasteiger charge is -2.31. The summed E-state index contributed by atoms with van der Waals surface area (Å²) in [5, 5.41) is 0. The van der Waals surface area contributed by atoms with E-state index in [1.54, 1.807) is 0 Å². The van der Waals surface area contributed by atoms with Crippen LogP contribution in [-0.2, 0) is 9.59 Å². The Bertz CT molecular complexity index is 207.